The lowest BCUT2D eigenvalue weighted by molar-refractivity contribution is 0.281. The minimum absolute atomic E-state index is 0.0128. The van der Waals surface area contributed by atoms with E-state index in [9.17, 15) is 5.11 Å². The number of aryl methyl sites for hydroxylation is 2. The quantitative estimate of drug-likeness (QED) is 0.271. The minimum Gasteiger partial charge on any atom is -0.472 e. The first-order valence-corrected chi connectivity index (χ1v) is 12.8. The number of aliphatic hydroxyl groups is 1. The van der Waals surface area contributed by atoms with E-state index in [-0.39, 0.29) is 6.61 Å². The van der Waals surface area contributed by atoms with E-state index in [1.54, 1.807) is 0 Å². The second-order valence-corrected chi connectivity index (χ2v) is 9.01. The highest BCUT2D eigenvalue weighted by atomic mass is 16.5. The van der Waals surface area contributed by atoms with Gasteiger partial charge in [0.05, 0.1) is 12.3 Å². The molecule has 8 heteroatoms. The summed E-state index contributed by atoms with van der Waals surface area (Å²) >= 11 is 0. The lowest BCUT2D eigenvalue weighted by Gasteiger charge is -2.16. The van der Waals surface area contributed by atoms with Crippen LogP contribution >= 0.6 is 0 Å². The zero-order valence-electron chi connectivity index (χ0n) is 21.6. The number of hydrogen-bond acceptors (Lipinski definition) is 7. The number of aromatic nitrogens is 6. The van der Waals surface area contributed by atoms with Gasteiger partial charge in [-0.1, -0.05) is 86.6 Å². The van der Waals surface area contributed by atoms with Crippen molar-refractivity contribution >= 4 is 0 Å². The number of aliphatic hydroxyl groups excluding tert-OH is 1. The molecule has 8 nitrogen and oxygen atoms in total. The molecule has 0 aliphatic carbocycles. The van der Waals surface area contributed by atoms with Gasteiger partial charge in [0.15, 0.2) is 5.82 Å². The Labute approximate surface area is 221 Å². The number of hydrogen-bond donors (Lipinski definition) is 2. The molecule has 0 spiro atoms. The molecule has 0 radical (unpaired) electrons. The lowest BCUT2D eigenvalue weighted by atomic mass is 9.98. The summed E-state index contributed by atoms with van der Waals surface area (Å²) in [6.45, 7) is 4.55. The Morgan fingerprint density at radius 2 is 1.61 bits per heavy atom. The maximum Gasteiger partial charge on any atom is 0.220 e. The van der Waals surface area contributed by atoms with Crippen molar-refractivity contribution in [2.24, 2.45) is 0 Å². The number of rotatable bonds is 10. The molecule has 0 amide bonds. The molecule has 0 aliphatic heterocycles. The molecule has 0 fully saturated rings. The first kappa shape index (κ1) is 25.2. The summed E-state index contributed by atoms with van der Waals surface area (Å²) in [6, 6.07) is 24.3. The zero-order valence-corrected chi connectivity index (χ0v) is 21.6. The lowest BCUT2D eigenvalue weighted by Crippen LogP contribution is -2.10. The van der Waals surface area contributed by atoms with Crippen LogP contribution in [0.2, 0.25) is 0 Å². The van der Waals surface area contributed by atoms with E-state index >= 15 is 0 Å². The van der Waals surface area contributed by atoms with Crippen LogP contribution in [-0.2, 0) is 32.5 Å². The third-order valence-electron chi connectivity index (χ3n) is 6.48. The third-order valence-corrected chi connectivity index (χ3v) is 6.48. The summed E-state index contributed by atoms with van der Waals surface area (Å²) < 4.78 is 6.33. The predicted molar refractivity (Wildman–Crippen MR) is 145 cm³/mol. The average molecular weight is 507 g/mol. The van der Waals surface area contributed by atoms with Gasteiger partial charge in [-0.15, -0.1) is 5.10 Å². The molecule has 2 heterocycles. The van der Waals surface area contributed by atoms with Crippen molar-refractivity contribution in [2.45, 2.75) is 46.3 Å². The Hall–Kier alpha value is -4.43. The number of tetrazole rings is 1. The predicted octanol–water partition coefficient (Wildman–Crippen LogP) is 5.11. The van der Waals surface area contributed by atoms with Crippen LogP contribution in [0.15, 0.2) is 72.8 Å². The first-order chi connectivity index (χ1) is 18.7. The molecule has 2 aromatic heterocycles. The first-order valence-electron chi connectivity index (χ1n) is 12.8. The van der Waals surface area contributed by atoms with Crippen LogP contribution in [-0.4, -0.2) is 35.7 Å². The van der Waals surface area contributed by atoms with Crippen LogP contribution in [0.3, 0.4) is 0 Å². The number of nitrogens with one attached hydrogen (secondary N) is 1. The van der Waals surface area contributed by atoms with Gasteiger partial charge in [0.2, 0.25) is 5.88 Å². The zero-order chi connectivity index (χ0) is 26.3. The average Bonchev–Trinajstić information content (AvgIpc) is 3.52. The van der Waals surface area contributed by atoms with Gasteiger partial charge in [0.1, 0.15) is 12.4 Å². The highest BCUT2D eigenvalue weighted by Crippen LogP contribution is 2.30. The Bertz CT molecular complexity index is 1500. The Morgan fingerprint density at radius 3 is 2.32 bits per heavy atom. The summed E-state index contributed by atoms with van der Waals surface area (Å²) in [4.78, 5) is 9.54. The molecule has 5 rings (SSSR count). The largest absolute Gasteiger partial charge is 0.472 e. The van der Waals surface area contributed by atoms with E-state index in [1.165, 1.54) is 0 Å². The normalized spacial score (nSPS) is 11.0. The Morgan fingerprint density at radius 1 is 0.816 bits per heavy atom. The van der Waals surface area contributed by atoms with Gasteiger partial charge in [-0.05, 0) is 44.7 Å². The van der Waals surface area contributed by atoms with E-state index in [0.717, 1.165) is 63.3 Å². The van der Waals surface area contributed by atoms with Gasteiger partial charge in [0.25, 0.3) is 0 Å². The molecule has 0 aliphatic rings. The molecule has 0 saturated heterocycles. The number of benzene rings is 3. The van der Waals surface area contributed by atoms with Gasteiger partial charge >= 0.3 is 0 Å². The van der Waals surface area contributed by atoms with Crippen molar-refractivity contribution in [3.05, 3.63) is 107 Å². The topological polar surface area (TPSA) is 110 Å². The van der Waals surface area contributed by atoms with Crippen molar-refractivity contribution in [2.75, 3.05) is 0 Å². The van der Waals surface area contributed by atoms with E-state index in [1.807, 2.05) is 43.3 Å². The van der Waals surface area contributed by atoms with Crippen LogP contribution in [0.4, 0.5) is 0 Å². The van der Waals surface area contributed by atoms with Crippen molar-refractivity contribution in [3.8, 4) is 28.4 Å². The van der Waals surface area contributed by atoms with Gasteiger partial charge in [-0.3, -0.25) is 0 Å². The molecule has 3 aromatic carbocycles. The van der Waals surface area contributed by atoms with Gasteiger partial charge in [-0.25, -0.2) is 10.1 Å². The summed E-state index contributed by atoms with van der Waals surface area (Å²) in [6.07, 6.45) is 2.16. The molecule has 5 aromatic rings. The molecule has 0 unspecified atom stereocenters. The van der Waals surface area contributed by atoms with Crippen molar-refractivity contribution in [1.29, 1.82) is 0 Å². The fourth-order valence-electron chi connectivity index (χ4n) is 4.49. The minimum atomic E-state index is 0.0128. The van der Waals surface area contributed by atoms with Crippen LogP contribution in [0, 0.1) is 0 Å². The number of H-pyrrole nitrogens is 1. The Balaban J connectivity index is 1.39. The standard InChI is InChI=1S/C30H30N6O2/c1-3-27-26(17-21-8-7-9-22(16-21)18-37)30(32-28(4-2)31-27)38-19-20-12-14-23(15-13-20)24-10-5-6-11-25(24)29-33-35-36-34-29/h5-16,37H,3-4,17-19H2,1-2H3,(H,33,34,35,36). The molecule has 0 saturated carbocycles. The molecule has 38 heavy (non-hydrogen) atoms. The molecular weight excluding hydrogens is 476 g/mol. The van der Waals surface area contributed by atoms with E-state index in [0.29, 0.717) is 24.7 Å². The molecule has 0 atom stereocenters. The SMILES string of the molecule is CCc1nc(CC)c(Cc2cccc(CO)c2)c(OCc2ccc(-c3ccccc3-c3nnn[nH]3)cc2)n1. The fraction of sp³-hybridized carbons (Fsp3) is 0.233. The monoisotopic (exact) mass is 506 g/mol. The van der Waals surface area contributed by atoms with Crippen molar-refractivity contribution in [1.82, 2.24) is 30.6 Å². The van der Waals surface area contributed by atoms with E-state index < -0.39 is 0 Å². The van der Waals surface area contributed by atoms with Crippen LogP contribution in [0.1, 0.15) is 47.6 Å². The smallest absolute Gasteiger partial charge is 0.220 e. The second-order valence-electron chi connectivity index (χ2n) is 9.01. The summed E-state index contributed by atoms with van der Waals surface area (Å²) in [5, 5.41) is 23.9. The van der Waals surface area contributed by atoms with E-state index in [4.69, 9.17) is 14.7 Å². The van der Waals surface area contributed by atoms with Crippen LogP contribution in [0.25, 0.3) is 22.5 Å². The number of aromatic amines is 1. The number of ether oxygens (including phenoxy) is 1. The fourth-order valence-corrected chi connectivity index (χ4v) is 4.49. The van der Waals surface area contributed by atoms with Gasteiger partial charge in [0, 0.05) is 24.0 Å². The van der Waals surface area contributed by atoms with Crippen LogP contribution < -0.4 is 4.74 Å². The summed E-state index contributed by atoms with van der Waals surface area (Å²) in [7, 11) is 0. The molecule has 0 bridgehead atoms. The van der Waals surface area contributed by atoms with Gasteiger partial charge in [-0.2, -0.15) is 4.98 Å². The molecule has 2 N–H and O–H groups in total. The summed E-state index contributed by atoms with van der Waals surface area (Å²) in [5.74, 6) is 2.03. The molecular formula is C30H30N6O2. The van der Waals surface area contributed by atoms with Crippen LogP contribution in [0.5, 0.6) is 5.88 Å². The summed E-state index contributed by atoms with van der Waals surface area (Å²) in [5.41, 5.74) is 8.05. The molecule has 192 valence electrons. The third kappa shape index (κ3) is 5.60. The Kier molecular flexibility index (Phi) is 7.80. The van der Waals surface area contributed by atoms with Crippen molar-refractivity contribution < 1.29 is 9.84 Å². The second kappa shape index (κ2) is 11.7. The maximum absolute atomic E-state index is 9.56. The van der Waals surface area contributed by atoms with Crippen molar-refractivity contribution in [3.63, 3.8) is 0 Å². The highest BCUT2D eigenvalue weighted by molar-refractivity contribution is 5.80. The number of nitrogens with zero attached hydrogens (tertiary/aromatic N) is 5. The van der Waals surface area contributed by atoms with E-state index in [2.05, 4.69) is 63.9 Å². The highest BCUT2D eigenvalue weighted by Gasteiger charge is 2.16. The van der Waals surface area contributed by atoms with Gasteiger partial charge < -0.3 is 9.84 Å². The maximum atomic E-state index is 9.56.